The number of fused-ring (bicyclic) bond motifs is 1. The summed E-state index contributed by atoms with van der Waals surface area (Å²) in [5.41, 5.74) is 3.77. The first kappa shape index (κ1) is 36.3. The molecule has 4 aliphatic rings. The van der Waals surface area contributed by atoms with Crippen molar-refractivity contribution in [2.75, 3.05) is 45.7 Å². The van der Waals surface area contributed by atoms with Crippen LogP contribution in [0.4, 0.5) is 15.5 Å². The Kier molecular flexibility index (Phi) is 10.3. The van der Waals surface area contributed by atoms with Gasteiger partial charge in [0.1, 0.15) is 17.9 Å². The van der Waals surface area contributed by atoms with E-state index in [1.807, 2.05) is 28.4 Å². The number of anilines is 1. The van der Waals surface area contributed by atoms with Crippen LogP contribution in [0.3, 0.4) is 0 Å². The first-order valence-electron chi connectivity index (χ1n) is 19.2. The van der Waals surface area contributed by atoms with Gasteiger partial charge in [-0.2, -0.15) is 0 Å². The Morgan fingerprint density at radius 1 is 0.764 bits per heavy atom. The Morgan fingerprint density at radius 3 is 2.05 bits per heavy atom. The van der Waals surface area contributed by atoms with Gasteiger partial charge in [0.05, 0.1) is 32.2 Å². The molecular formula is C40H47N9O6. The van der Waals surface area contributed by atoms with Crippen LogP contribution in [0.5, 0.6) is 0 Å². The molecule has 2 aromatic carbocycles. The molecule has 2 aliphatic heterocycles. The number of nitrogens with zero attached hydrogens (tertiary/aromatic N) is 5. The van der Waals surface area contributed by atoms with Gasteiger partial charge in [-0.05, 0) is 91.2 Å². The number of carbonyl (C=O) groups excluding carboxylic acids is 4. The molecule has 2 aliphatic carbocycles. The summed E-state index contributed by atoms with van der Waals surface area (Å²) in [4.78, 5) is 71.5. The van der Waals surface area contributed by atoms with E-state index >= 15 is 0 Å². The number of hydrogen-bond acceptors (Lipinski definition) is 10. The third-order valence-electron chi connectivity index (χ3n) is 11.4. The van der Waals surface area contributed by atoms with E-state index in [0.29, 0.717) is 32.1 Å². The van der Waals surface area contributed by atoms with Crippen molar-refractivity contribution >= 4 is 40.7 Å². The van der Waals surface area contributed by atoms with Crippen molar-refractivity contribution in [2.45, 2.75) is 63.1 Å². The van der Waals surface area contributed by atoms with Gasteiger partial charge < -0.3 is 40.2 Å². The minimum absolute atomic E-state index is 0.0337. The second kappa shape index (κ2) is 15.6. The van der Waals surface area contributed by atoms with E-state index in [-0.39, 0.29) is 35.6 Å². The Bertz CT molecular complexity index is 2060. The van der Waals surface area contributed by atoms with Crippen LogP contribution in [-0.4, -0.2) is 106 Å². The lowest BCUT2D eigenvalue weighted by atomic mass is 10.0. The van der Waals surface area contributed by atoms with E-state index in [9.17, 15) is 19.2 Å². The lowest BCUT2D eigenvalue weighted by molar-refractivity contribution is -0.135. The summed E-state index contributed by atoms with van der Waals surface area (Å²) in [6, 6.07) is 11.3. The van der Waals surface area contributed by atoms with Crippen molar-refractivity contribution in [3.63, 3.8) is 0 Å². The van der Waals surface area contributed by atoms with Gasteiger partial charge in [0.15, 0.2) is 0 Å². The van der Waals surface area contributed by atoms with E-state index in [1.165, 1.54) is 14.2 Å². The molecule has 4 heterocycles. The number of imidazole rings is 1. The Hall–Kier alpha value is -5.73. The molecule has 2 saturated carbocycles. The molecule has 4 aromatic rings. The summed E-state index contributed by atoms with van der Waals surface area (Å²) in [7, 11) is 2.62. The molecule has 4 amide bonds. The molecule has 15 heteroatoms. The molecule has 4 fully saturated rings. The third-order valence-corrected chi connectivity index (χ3v) is 11.4. The van der Waals surface area contributed by atoms with Crippen molar-refractivity contribution in [1.82, 2.24) is 40.4 Å². The Balaban J connectivity index is 0.870. The van der Waals surface area contributed by atoms with Gasteiger partial charge in [-0.25, -0.2) is 24.5 Å². The maximum atomic E-state index is 13.6. The average Bonchev–Trinajstić information content (AvgIpc) is 4.07. The van der Waals surface area contributed by atoms with Crippen molar-refractivity contribution in [3.05, 3.63) is 60.8 Å². The number of hydrogen-bond donors (Lipinski definition) is 4. The number of alkyl carbamates (subject to hydrolysis) is 2. The number of benzene rings is 2. The van der Waals surface area contributed by atoms with Gasteiger partial charge in [-0.3, -0.25) is 9.59 Å². The van der Waals surface area contributed by atoms with Crippen LogP contribution in [-0.2, 0) is 19.1 Å². The van der Waals surface area contributed by atoms with Gasteiger partial charge in [-0.15, -0.1) is 0 Å². The van der Waals surface area contributed by atoms with Crippen LogP contribution in [0.2, 0.25) is 0 Å². The summed E-state index contributed by atoms with van der Waals surface area (Å²) in [6.07, 6.45) is 10.5. The molecule has 0 bridgehead atoms. The van der Waals surface area contributed by atoms with Gasteiger partial charge >= 0.3 is 12.2 Å². The van der Waals surface area contributed by atoms with Gasteiger partial charge in [-0.1, -0.05) is 24.3 Å². The highest BCUT2D eigenvalue weighted by Gasteiger charge is 2.44. The molecule has 55 heavy (non-hydrogen) atoms. The van der Waals surface area contributed by atoms with Gasteiger partial charge in [0.2, 0.25) is 17.8 Å². The zero-order valence-electron chi connectivity index (χ0n) is 31.1. The van der Waals surface area contributed by atoms with Crippen LogP contribution >= 0.6 is 0 Å². The number of aromatic nitrogens is 4. The van der Waals surface area contributed by atoms with Crippen LogP contribution in [0, 0.1) is 17.8 Å². The lowest BCUT2D eigenvalue weighted by Crippen LogP contribution is -2.49. The first-order valence-corrected chi connectivity index (χ1v) is 19.2. The molecule has 2 aromatic heterocycles. The first-order chi connectivity index (χ1) is 26.8. The second-order valence-electron chi connectivity index (χ2n) is 15.2. The largest absolute Gasteiger partial charge is 0.453 e. The number of ether oxygens (including phenoxy) is 2. The summed E-state index contributed by atoms with van der Waals surface area (Å²) < 4.78 is 9.51. The highest BCUT2D eigenvalue weighted by Crippen LogP contribution is 2.38. The number of nitrogens with one attached hydrogen (secondary N) is 4. The van der Waals surface area contributed by atoms with Gasteiger partial charge in [0.25, 0.3) is 0 Å². The molecule has 15 nitrogen and oxygen atoms in total. The summed E-state index contributed by atoms with van der Waals surface area (Å²) in [5.74, 6) is 1.76. The van der Waals surface area contributed by atoms with E-state index in [4.69, 9.17) is 14.5 Å². The second-order valence-corrected chi connectivity index (χ2v) is 15.2. The molecule has 8 rings (SSSR count). The molecule has 0 radical (unpaired) electrons. The maximum absolute atomic E-state index is 13.6. The number of rotatable bonds is 12. The average molecular weight is 750 g/mol. The quantitative estimate of drug-likeness (QED) is 0.156. The Morgan fingerprint density at radius 2 is 1.40 bits per heavy atom. The van der Waals surface area contributed by atoms with Crippen molar-refractivity contribution in [2.24, 2.45) is 17.8 Å². The monoisotopic (exact) mass is 749 g/mol. The fraction of sp³-hybridized carbons (Fsp3) is 0.475. The van der Waals surface area contributed by atoms with E-state index < -0.39 is 24.3 Å². The van der Waals surface area contributed by atoms with Crippen LogP contribution in [0.15, 0.2) is 55.0 Å². The molecule has 288 valence electrons. The number of H-pyrrole nitrogens is 1. The highest BCUT2D eigenvalue weighted by atomic mass is 16.5. The zero-order valence-corrected chi connectivity index (χ0v) is 31.1. The van der Waals surface area contributed by atoms with Crippen molar-refractivity contribution < 1.29 is 28.7 Å². The smallest absolute Gasteiger partial charge is 0.407 e. The van der Waals surface area contributed by atoms with Gasteiger partial charge in [0, 0.05) is 49.7 Å². The summed E-state index contributed by atoms with van der Waals surface area (Å²) in [6.45, 7) is 2.54. The molecule has 4 N–H and O–H groups in total. The topological polar surface area (TPSA) is 184 Å². The predicted octanol–water partition coefficient (Wildman–Crippen LogP) is 4.88. The normalized spacial score (nSPS) is 20.5. The number of likely N-dealkylation sites (tertiary alicyclic amines) is 2. The highest BCUT2D eigenvalue weighted by molar-refractivity contribution is 5.91. The van der Waals surface area contributed by atoms with Crippen molar-refractivity contribution in [3.8, 4) is 22.4 Å². The maximum Gasteiger partial charge on any atom is 0.407 e. The summed E-state index contributed by atoms with van der Waals surface area (Å²) in [5, 5.41) is 11.0. The van der Waals surface area contributed by atoms with E-state index in [1.54, 1.807) is 0 Å². The predicted molar refractivity (Wildman–Crippen MR) is 204 cm³/mol. The van der Waals surface area contributed by atoms with Crippen LogP contribution in [0.1, 0.15) is 56.8 Å². The third kappa shape index (κ3) is 8.05. The fourth-order valence-electron chi connectivity index (χ4n) is 7.93. The summed E-state index contributed by atoms with van der Waals surface area (Å²) >= 11 is 0. The lowest BCUT2D eigenvalue weighted by Gasteiger charge is -2.28. The van der Waals surface area contributed by atoms with E-state index in [2.05, 4.69) is 67.3 Å². The van der Waals surface area contributed by atoms with Crippen LogP contribution in [0.25, 0.3) is 33.2 Å². The number of carbonyl (C=O) groups is 4. The molecular weight excluding hydrogens is 702 g/mol. The zero-order chi connectivity index (χ0) is 38.1. The number of amides is 4. The van der Waals surface area contributed by atoms with Crippen LogP contribution < -0.4 is 16.0 Å². The number of methoxy groups -OCH3 is 2. The molecule has 0 spiro atoms. The fourth-order valence-corrected chi connectivity index (χ4v) is 7.93. The molecule has 2 unspecified atom stereocenters. The minimum Gasteiger partial charge on any atom is -0.453 e. The Labute approximate surface area is 319 Å². The van der Waals surface area contributed by atoms with E-state index in [0.717, 1.165) is 83.9 Å². The van der Waals surface area contributed by atoms with Crippen molar-refractivity contribution in [1.29, 1.82) is 0 Å². The minimum atomic E-state index is -0.584. The standard InChI is InChI=1S/C40H47N9O6/c1-54-39(52)46-33(24-5-6-24)36(50)48-15-13-23(22-48)18-42-38-43-19-30(20-44-38)28-10-9-27-17-29(12-11-26(27)16-28)31-21-41-35(45-31)32-4-3-14-49(32)37(51)34(25-7-8-25)47-40(53)55-2/h9-12,16-17,19-21,23-25,32-34H,3-8,13-15,18,22H2,1-2H3,(H,41,45)(H,46,52)(H,47,53)(H,42,43,44)/t23-,32+,33?,34?/m1/s1. The molecule has 2 saturated heterocycles. The number of aromatic amines is 1. The molecule has 4 atom stereocenters. The SMILES string of the molecule is COC(=O)NC(C(=O)N1CC[C@H](CNc2ncc(-c3ccc4cc(-c5cnc([C@@H]6CCCN6C(=O)C(NC(=O)OC)C6CC6)[nH]5)ccc4c3)cn2)C1)C1CC1.